The summed E-state index contributed by atoms with van der Waals surface area (Å²) in [7, 11) is 0. The van der Waals surface area contributed by atoms with Crippen LogP contribution in [-0.4, -0.2) is 36.5 Å². The maximum atomic E-state index is 12.4. The molecule has 0 saturated carbocycles. The Morgan fingerprint density at radius 2 is 2.47 bits per heavy atom. The minimum Gasteiger partial charge on any atom is -0.338 e. The molecule has 5 heteroatoms. The average molecular weight is 345 g/mol. The fourth-order valence-corrected chi connectivity index (χ4v) is 3.97. The normalized spacial score (nSPS) is 18.7. The first-order valence-electron chi connectivity index (χ1n) is 6.93. The van der Waals surface area contributed by atoms with Gasteiger partial charge in [0.2, 0.25) is 5.91 Å². The Labute approximate surface area is 127 Å². The maximum Gasteiger partial charge on any atom is 0.223 e. The minimum absolute atomic E-state index is 0.306. The highest BCUT2D eigenvalue weighted by Crippen LogP contribution is 2.21. The van der Waals surface area contributed by atoms with Gasteiger partial charge in [-0.2, -0.15) is 0 Å². The number of nitrogens with zero attached hydrogens (tertiary/aromatic N) is 1. The van der Waals surface area contributed by atoms with Crippen LogP contribution < -0.4 is 5.32 Å². The van der Waals surface area contributed by atoms with Gasteiger partial charge < -0.3 is 10.2 Å². The highest BCUT2D eigenvalue weighted by atomic mass is 79.9. The first-order valence-corrected chi connectivity index (χ1v) is 8.61. The van der Waals surface area contributed by atoms with Crippen molar-refractivity contribution in [3.05, 3.63) is 20.8 Å². The molecular formula is C14H21BrN2OS. The lowest BCUT2D eigenvalue weighted by molar-refractivity contribution is -0.133. The van der Waals surface area contributed by atoms with Gasteiger partial charge in [-0.25, -0.2) is 0 Å². The van der Waals surface area contributed by atoms with Gasteiger partial charge in [0, 0.05) is 40.3 Å². The predicted octanol–water partition coefficient (Wildman–Crippen LogP) is 3.04. The van der Waals surface area contributed by atoms with Crippen LogP contribution in [0, 0.1) is 0 Å². The zero-order valence-electron chi connectivity index (χ0n) is 11.3. The standard InChI is InChI=1S/C14H21BrN2OS/c1-2-7-17(12-5-6-16-9-12)14(18)4-3-13-8-11(15)10-19-13/h8,10,12,16H,2-7,9H2,1H3. The van der Waals surface area contributed by atoms with E-state index in [4.69, 9.17) is 0 Å². The number of rotatable bonds is 6. The molecule has 1 aliphatic heterocycles. The molecule has 1 aromatic rings. The zero-order valence-corrected chi connectivity index (χ0v) is 13.7. The summed E-state index contributed by atoms with van der Waals surface area (Å²) in [6.07, 6.45) is 3.61. The third-order valence-electron chi connectivity index (χ3n) is 3.47. The molecule has 1 unspecified atom stereocenters. The first kappa shape index (κ1) is 15.0. The second-order valence-corrected chi connectivity index (χ2v) is 6.88. The SMILES string of the molecule is CCCN(C(=O)CCc1cc(Br)cs1)C1CCNC1. The Morgan fingerprint density at radius 3 is 3.05 bits per heavy atom. The van der Waals surface area contributed by atoms with Gasteiger partial charge in [0.1, 0.15) is 0 Å². The third-order valence-corrected chi connectivity index (χ3v) is 5.22. The number of hydrogen-bond donors (Lipinski definition) is 1. The van der Waals surface area contributed by atoms with E-state index in [1.807, 2.05) is 0 Å². The lowest BCUT2D eigenvalue weighted by Gasteiger charge is -2.28. The van der Waals surface area contributed by atoms with Gasteiger partial charge in [0.15, 0.2) is 0 Å². The second-order valence-electron chi connectivity index (χ2n) is 4.96. The summed E-state index contributed by atoms with van der Waals surface area (Å²) in [4.78, 5) is 15.8. The molecule has 1 amide bonds. The molecule has 0 bridgehead atoms. The van der Waals surface area contributed by atoms with Gasteiger partial charge in [-0.1, -0.05) is 6.92 Å². The van der Waals surface area contributed by atoms with Crippen molar-refractivity contribution in [2.45, 2.75) is 38.6 Å². The van der Waals surface area contributed by atoms with Gasteiger partial charge in [-0.05, 0) is 47.8 Å². The summed E-state index contributed by atoms with van der Waals surface area (Å²) in [5, 5.41) is 5.42. The van der Waals surface area contributed by atoms with E-state index in [-0.39, 0.29) is 0 Å². The Morgan fingerprint density at radius 1 is 1.63 bits per heavy atom. The van der Waals surface area contributed by atoms with Crippen LogP contribution in [-0.2, 0) is 11.2 Å². The topological polar surface area (TPSA) is 32.3 Å². The van der Waals surface area contributed by atoms with Gasteiger partial charge in [0.25, 0.3) is 0 Å². The molecule has 0 spiro atoms. The molecule has 0 aliphatic carbocycles. The number of aryl methyl sites for hydroxylation is 1. The van der Waals surface area contributed by atoms with E-state index in [1.165, 1.54) is 4.88 Å². The van der Waals surface area contributed by atoms with Gasteiger partial charge >= 0.3 is 0 Å². The molecule has 1 saturated heterocycles. The van der Waals surface area contributed by atoms with E-state index in [0.717, 1.165) is 43.4 Å². The number of halogens is 1. The molecule has 1 aliphatic rings. The monoisotopic (exact) mass is 344 g/mol. The highest BCUT2D eigenvalue weighted by molar-refractivity contribution is 9.10. The summed E-state index contributed by atoms with van der Waals surface area (Å²) in [5.41, 5.74) is 0. The lowest BCUT2D eigenvalue weighted by atomic mass is 10.1. The Bertz CT molecular complexity index is 415. The van der Waals surface area contributed by atoms with E-state index >= 15 is 0 Å². The van der Waals surface area contributed by atoms with Gasteiger partial charge in [-0.15, -0.1) is 11.3 Å². The highest BCUT2D eigenvalue weighted by Gasteiger charge is 2.25. The van der Waals surface area contributed by atoms with Crippen LogP contribution in [0.15, 0.2) is 15.9 Å². The Hall–Kier alpha value is -0.390. The molecule has 19 heavy (non-hydrogen) atoms. The van der Waals surface area contributed by atoms with Crippen molar-refractivity contribution in [2.24, 2.45) is 0 Å². The molecule has 0 aromatic carbocycles. The van der Waals surface area contributed by atoms with Crippen molar-refractivity contribution in [2.75, 3.05) is 19.6 Å². The van der Waals surface area contributed by atoms with E-state index in [1.54, 1.807) is 11.3 Å². The van der Waals surface area contributed by atoms with E-state index < -0.39 is 0 Å². The molecule has 1 aromatic heterocycles. The Kier molecular flexibility index (Phi) is 5.85. The summed E-state index contributed by atoms with van der Waals surface area (Å²) >= 11 is 5.17. The van der Waals surface area contributed by atoms with Crippen LogP contribution in [0.3, 0.4) is 0 Å². The number of nitrogens with one attached hydrogen (secondary N) is 1. The van der Waals surface area contributed by atoms with Crippen molar-refractivity contribution in [3.63, 3.8) is 0 Å². The number of amides is 1. The summed E-state index contributed by atoms with van der Waals surface area (Å²) < 4.78 is 1.12. The van der Waals surface area contributed by atoms with Gasteiger partial charge in [-0.3, -0.25) is 4.79 Å². The maximum absolute atomic E-state index is 12.4. The van der Waals surface area contributed by atoms with Crippen LogP contribution >= 0.6 is 27.3 Å². The van der Waals surface area contributed by atoms with Crippen LogP contribution in [0.25, 0.3) is 0 Å². The molecule has 2 heterocycles. The van der Waals surface area contributed by atoms with Gasteiger partial charge in [0.05, 0.1) is 0 Å². The van der Waals surface area contributed by atoms with Crippen LogP contribution in [0.2, 0.25) is 0 Å². The molecule has 2 rings (SSSR count). The van der Waals surface area contributed by atoms with E-state index in [2.05, 4.69) is 44.5 Å². The molecule has 1 N–H and O–H groups in total. The van der Waals surface area contributed by atoms with Crippen molar-refractivity contribution in [3.8, 4) is 0 Å². The number of hydrogen-bond acceptors (Lipinski definition) is 3. The number of carbonyl (C=O) groups excluding carboxylic acids is 1. The van der Waals surface area contributed by atoms with E-state index in [0.29, 0.717) is 18.4 Å². The van der Waals surface area contributed by atoms with Crippen LogP contribution in [0.5, 0.6) is 0 Å². The molecular weight excluding hydrogens is 324 g/mol. The van der Waals surface area contributed by atoms with Crippen LogP contribution in [0.1, 0.15) is 31.1 Å². The summed E-state index contributed by atoms with van der Waals surface area (Å²) in [5.74, 6) is 0.306. The Balaban J connectivity index is 1.87. The molecule has 1 atom stereocenters. The third kappa shape index (κ3) is 4.29. The smallest absolute Gasteiger partial charge is 0.223 e. The lowest BCUT2D eigenvalue weighted by Crippen LogP contribution is -2.42. The van der Waals surface area contributed by atoms with Crippen LogP contribution in [0.4, 0.5) is 0 Å². The fourth-order valence-electron chi connectivity index (χ4n) is 2.52. The van der Waals surface area contributed by atoms with Crippen molar-refractivity contribution < 1.29 is 4.79 Å². The first-order chi connectivity index (χ1) is 9.20. The summed E-state index contributed by atoms with van der Waals surface area (Å²) in [6.45, 7) is 5.02. The second kappa shape index (κ2) is 7.41. The van der Waals surface area contributed by atoms with Crippen molar-refractivity contribution in [1.82, 2.24) is 10.2 Å². The molecule has 1 fully saturated rings. The quantitative estimate of drug-likeness (QED) is 0.860. The zero-order chi connectivity index (χ0) is 13.7. The minimum atomic E-state index is 0.306. The molecule has 3 nitrogen and oxygen atoms in total. The fraction of sp³-hybridized carbons (Fsp3) is 0.643. The molecule has 106 valence electrons. The number of carbonyl (C=O) groups is 1. The largest absolute Gasteiger partial charge is 0.338 e. The number of thiophene rings is 1. The molecule has 0 radical (unpaired) electrons. The van der Waals surface area contributed by atoms with E-state index in [9.17, 15) is 4.79 Å². The summed E-state index contributed by atoms with van der Waals surface area (Å²) in [6, 6.07) is 2.52. The van der Waals surface area contributed by atoms with Crippen molar-refractivity contribution in [1.29, 1.82) is 0 Å². The van der Waals surface area contributed by atoms with Crippen molar-refractivity contribution >= 4 is 33.2 Å². The predicted molar refractivity (Wildman–Crippen MR) is 83.6 cm³/mol. The average Bonchev–Trinajstić information content (AvgIpc) is 3.04.